The lowest BCUT2D eigenvalue weighted by Gasteiger charge is -2.31. The van der Waals surface area contributed by atoms with Crippen molar-refractivity contribution in [3.63, 3.8) is 0 Å². The molecule has 0 aliphatic heterocycles. The molecule has 2 unspecified atom stereocenters. The standard InChI is InChI=1S/C29H42N6O3/c1-5-9-12-20(7-3)18-35(19-21(8-4)13-10-6-2)29(38)22-14-11-15-23(16-22)33-34-26-25(31)24(17-30)27(36)32-28(26)37/h11,14-16,20-21H,5-10,12-13,18-19H2,1-4H3,(H4,31,32,36,37). The summed E-state index contributed by atoms with van der Waals surface area (Å²) in [6.45, 7) is 10.2. The van der Waals surface area contributed by atoms with Crippen LogP contribution in [-0.2, 0) is 0 Å². The van der Waals surface area contributed by atoms with Crippen molar-refractivity contribution in [2.45, 2.75) is 79.1 Å². The minimum atomic E-state index is -0.767. The molecule has 0 saturated carbocycles. The third kappa shape index (κ3) is 8.44. The summed E-state index contributed by atoms with van der Waals surface area (Å²) in [6.07, 6.45) is 8.82. The average molecular weight is 523 g/mol. The number of nitrogen functional groups attached to an aromatic ring is 1. The second-order valence-electron chi connectivity index (χ2n) is 9.85. The van der Waals surface area contributed by atoms with E-state index in [-0.39, 0.29) is 22.8 Å². The van der Waals surface area contributed by atoms with Crippen molar-refractivity contribution in [2.24, 2.45) is 22.1 Å². The van der Waals surface area contributed by atoms with E-state index in [0.717, 1.165) is 64.5 Å². The molecule has 1 heterocycles. The highest BCUT2D eigenvalue weighted by Crippen LogP contribution is 2.28. The Morgan fingerprint density at radius 3 is 2.21 bits per heavy atom. The number of anilines is 1. The number of azo groups is 1. The molecule has 1 aromatic carbocycles. The van der Waals surface area contributed by atoms with Gasteiger partial charge >= 0.3 is 0 Å². The molecule has 0 spiro atoms. The molecule has 4 N–H and O–H groups in total. The van der Waals surface area contributed by atoms with E-state index in [1.54, 1.807) is 30.3 Å². The number of nitriles is 1. The van der Waals surface area contributed by atoms with Gasteiger partial charge in [0.25, 0.3) is 11.5 Å². The second-order valence-corrected chi connectivity index (χ2v) is 9.85. The zero-order valence-corrected chi connectivity index (χ0v) is 23.2. The van der Waals surface area contributed by atoms with E-state index in [0.29, 0.717) is 23.1 Å². The summed E-state index contributed by atoms with van der Waals surface area (Å²) in [4.78, 5) is 30.1. The number of carbonyl (C=O) groups excluding carboxylic acids is 1. The summed E-state index contributed by atoms with van der Waals surface area (Å²) in [5, 5.41) is 26.9. The number of benzene rings is 1. The van der Waals surface area contributed by atoms with Crippen LogP contribution >= 0.6 is 0 Å². The molecule has 1 aromatic heterocycles. The molecule has 9 heteroatoms. The van der Waals surface area contributed by atoms with Crippen LogP contribution in [0.15, 0.2) is 39.3 Å². The predicted molar refractivity (Wildman–Crippen MR) is 151 cm³/mol. The third-order valence-electron chi connectivity index (χ3n) is 7.01. The first-order valence-corrected chi connectivity index (χ1v) is 13.7. The van der Waals surface area contributed by atoms with E-state index in [2.05, 4.69) is 42.9 Å². The highest BCUT2D eigenvalue weighted by Gasteiger charge is 2.23. The van der Waals surface area contributed by atoms with Crippen molar-refractivity contribution in [2.75, 3.05) is 18.8 Å². The lowest BCUT2D eigenvalue weighted by Crippen LogP contribution is -2.39. The number of hydrogen-bond acceptors (Lipinski definition) is 7. The minimum absolute atomic E-state index is 0.0410. The largest absolute Gasteiger partial charge is 0.494 e. The number of hydrogen-bond donors (Lipinski definition) is 3. The molecule has 2 atom stereocenters. The number of aromatic hydroxyl groups is 1. The Balaban J connectivity index is 2.35. The Kier molecular flexibility index (Phi) is 12.5. The van der Waals surface area contributed by atoms with Crippen molar-refractivity contribution in [1.82, 2.24) is 9.88 Å². The average Bonchev–Trinajstić information content (AvgIpc) is 2.91. The van der Waals surface area contributed by atoms with Gasteiger partial charge in [-0.15, -0.1) is 5.11 Å². The summed E-state index contributed by atoms with van der Waals surface area (Å²) in [7, 11) is 0. The van der Waals surface area contributed by atoms with Gasteiger partial charge in [0.1, 0.15) is 11.6 Å². The number of carbonyl (C=O) groups is 1. The van der Waals surface area contributed by atoms with Crippen molar-refractivity contribution >= 4 is 23.0 Å². The van der Waals surface area contributed by atoms with Gasteiger partial charge in [-0.1, -0.05) is 72.3 Å². The Morgan fingerprint density at radius 1 is 1.08 bits per heavy atom. The Bertz CT molecular complexity index is 1170. The number of amides is 1. The van der Waals surface area contributed by atoms with E-state index in [1.165, 1.54) is 0 Å². The van der Waals surface area contributed by atoms with Gasteiger partial charge in [-0.2, -0.15) is 10.4 Å². The van der Waals surface area contributed by atoms with Crippen LogP contribution in [0.3, 0.4) is 0 Å². The number of nitrogens with zero attached hydrogens (tertiary/aromatic N) is 4. The topological polar surface area (TPSA) is 148 Å². The fraction of sp³-hybridized carbons (Fsp3) is 0.552. The van der Waals surface area contributed by atoms with Crippen molar-refractivity contribution < 1.29 is 9.90 Å². The maximum absolute atomic E-state index is 13.8. The lowest BCUT2D eigenvalue weighted by atomic mass is 9.95. The number of rotatable bonds is 15. The van der Waals surface area contributed by atoms with Gasteiger partial charge in [0.2, 0.25) is 5.88 Å². The number of aromatic nitrogens is 1. The van der Waals surface area contributed by atoms with Crippen LogP contribution in [0.4, 0.5) is 17.1 Å². The highest BCUT2D eigenvalue weighted by atomic mass is 16.3. The number of nitrogens with two attached hydrogens (primary N) is 1. The number of unbranched alkanes of at least 4 members (excludes halogenated alkanes) is 2. The van der Waals surface area contributed by atoms with E-state index in [9.17, 15) is 20.0 Å². The van der Waals surface area contributed by atoms with Crippen LogP contribution in [0.25, 0.3) is 0 Å². The number of aromatic amines is 1. The molecule has 2 rings (SSSR count). The molecule has 206 valence electrons. The molecule has 38 heavy (non-hydrogen) atoms. The molecule has 2 aromatic rings. The smallest absolute Gasteiger partial charge is 0.280 e. The number of nitrogens with one attached hydrogen (secondary N) is 1. The van der Waals surface area contributed by atoms with Crippen LogP contribution in [0.2, 0.25) is 0 Å². The first kappa shape index (κ1) is 30.6. The van der Waals surface area contributed by atoms with Crippen LogP contribution in [0.5, 0.6) is 5.88 Å². The van der Waals surface area contributed by atoms with Crippen molar-refractivity contribution in [3.8, 4) is 11.9 Å². The predicted octanol–water partition coefficient (Wildman–Crippen LogP) is 6.82. The van der Waals surface area contributed by atoms with E-state index >= 15 is 0 Å². The van der Waals surface area contributed by atoms with Gasteiger partial charge in [0.05, 0.1) is 11.4 Å². The van der Waals surface area contributed by atoms with E-state index in [1.807, 2.05) is 4.90 Å². The van der Waals surface area contributed by atoms with Gasteiger partial charge in [0, 0.05) is 18.7 Å². The molecular formula is C29H42N6O3. The molecule has 0 saturated heterocycles. The van der Waals surface area contributed by atoms with Crippen molar-refractivity contribution in [3.05, 3.63) is 45.7 Å². The summed E-state index contributed by atoms with van der Waals surface area (Å²) in [5.74, 6) is 0.240. The SMILES string of the molecule is CCCCC(CC)CN(CC(CC)CCCC)C(=O)c1cccc(N=Nc2c(N)c(C#N)c(O)[nH]c2=O)c1. The lowest BCUT2D eigenvalue weighted by molar-refractivity contribution is 0.0685. The van der Waals surface area contributed by atoms with Gasteiger partial charge in [-0.25, -0.2) is 0 Å². The highest BCUT2D eigenvalue weighted by molar-refractivity contribution is 5.95. The van der Waals surface area contributed by atoms with Crippen LogP contribution < -0.4 is 11.3 Å². The quantitative estimate of drug-likeness (QED) is 0.219. The van der Waals surface area contributed by atoms with E-state index in [4.69, 9.17) is 5.73 Å². The zero-order chi connectivity index (χ0) is 28.1. The monoisotopic (exact) mass is 522 g/mol. The first-order chi connectivity index (χ1) is 18.3. The minimum Gasteiger partial charge on any atom is -0.494 e. The maximum Gasteiger partial charge on any atom is 0.280 e. The Hall–Kier alpha value is -3.67. The Labute approximate surface area is 225 Å². The summed E-state index contributed by atoms with van der Waals surface area (Å²) in [5.41, 5.74) is 5.14. The normalized spacial score (nSPS) is 12.8. The van der Waals surface area contributed by atoms with Crippen LogP contribution in [0, 0.1) is 23.2 Å². The Morgan fingerprint density at radius 2 is 1.68 bits per heavy atom. The van der Waals surface area contributed by atoms with Crippen LogP contribution in [-0.4, -0.2) is 34.0 Å². The molecule has 0 bridgehead atoms. The fourth-order valence-corrected chi connectivity index (χ4v) is 4.50. The zero-order valence-electron chi connectivity index (χ0n) is 23.2. The van der Waals surface area contributed by atoms with Gasteiger partial charge in [-0.05, 0) is 42.9 Å². The van der Waals surface area contributed by atoms with Gasteiger partial charge < -0.3 is 15.7 Å². The molecule has 9 nitrogen and oxygen atoms in total. The molecule has 0 radical (unpaired) electrons. The van der Waals surface area contributed by atoms with Crippen LogP contribution in [0.1, 0.15) is 95.0 Å². The molecular weight excluding hydrogens is 480 g/mol. The first-order valence-electron chi connectivity index (χ1n) is 13.7. The fourth-order valence-electron chi connectivity index (χ4n) is 4.50. The van der Waals surface area contributed by atoms with E-state index < -0.39 is 11.4 Å². The second kappa shape index (κ2) is 15.6. The number of H-pyrrole nitrogens is 1. The molecule has 1 amide bonds. The van der Waals surface area contributed by atoms with Crippen molar-refractivity contribution in [1.29, 1.82) is 5.26 Å². The summed E-state index contributed by atoms with van der Waals surface area (Å²) < 4.78 is 0. The molecule has 0 aliphatic rings. The maximum atomic E-state index is 13.8. The molecule has 0 aliphatic carbocycles. The molecule has 0 fully saturated rings. The van der Waals surface area contributed by atoms with Gasteiger partial charge in [0.15, 0.2) is 5.69 Å². The van der Waals surface area contributed by atoms with Gasteiger partial charge in [-0.3, -0.25) is 14.6 Å². The number of pyridine rings is 1. The summed E-state index contributed by atoms with van der Waals surface area (Å²) >= 11 is 0. The third-order valence-corrected chi connectivity index (χ3v) is 7.01. The summed E-state index contributed by atoms with van der Waals surface area (Å²) in [6, 6.07) is 8.55.